The van der Waals surface area contributed by atoms with E-state index in [9.17, 15) is 10.1 Å². The van der Waals surface area contributed by atoms with Crippen molar-refractivity contribution in [2.75, 3.05) is 6.61 Å². The third kappa shape index (κ3) is 4.61. The van der Waals surface area contributed by atoms with Crippen LogP contribution >= 0.6 is 0 Å². The van der Waals surface area contributed by atoms with Crippen LogP contribution in [0.25, 0.3) is 0 Å². The second-order valence-corrected chi connectivity index (χ2v) is 5.70. The number of aliphatic hydroxyl groups is 1. The maximum absolute atomic E-state index is 10.9. The molecule has 19 heavy (non-hydrogen) atoms. The van der Waals surface area contributed by atoms with Gasteiger partial charge in [0.15, 0.2) is 0 Å². The van der Waals surface area contributed by atoms with E-state index in [1.807, 2.05) is 0 Å². The summed E-state index contributed by atoms with van der Waals surface area (Å²) in [5, 5.41) is 23.3. The Morgan fingerprint density at radius 2 is 2.00 bits per heavy atom. The topological polar surface area (TPSA) is 75.4 Å². The van der Waals surface area contributed by atoms with E-state index in [0.29, 0.717) is 18.5 Å². The van der Waals surface area contributed by atoms with Crippen LogP contribution in [0.3, 0.4) is 0 Å². The van der Waals surface area contributed by atoms with Gasteiger partial charge in [0, 0.05) is 30.8 Å². The molecule has 0 saturated heterocycles. The number of aliphatic hydroxyl groups excluding tert-OH is 1. The van der Waals surface area contributed by atoms with Gasteiger partial charge in [-0.15, -0.1) is 0 Å². The van der Waals surface area contributed by atoms with Crippen molar-refractivity contribution in [2.45, 2.75) is 39.8 Å². The highest BCUT2D eigenvalue weighted by Crippen LogP contribution is 2.23. The van der Waals surface area contributed by atoms with Gasteiger partial charge in [-0.05, 0) is 11.8 Å². The van der Waals surface area contributed by atoms with Crippen LogP contribution in [0.5, 0.6) is 0 Å². The fourth-order valence-corrected chi connectivity index (χ4v) is 2.04. The Labute approximate surface area is 113 Å². The zero-order valence-corrected chi connectivity index (χ0v) is 11.7. The number of hydrogen-bond acceptors (Lipinski definition) is 4. The summed E-state index contributed by atoms with van der Waals surface area (Å²) in [6.45, 7) is 6.78. The molecule has 5 nitrogen and oxygen atoms in total. The lowest BCUT2D eigenvalue weighted by Gasteiger charge is -2.31. The fraction of sp³-hybridized carbons (Fsp3) is 0.571. The predicted molar refractivity (Wildman–Crippen MR) is 74.9 cm³/mol. The molecule has 0 aromatic heterocycles. The number of para-hydroxylation sites is 1. The Morgan fingerprint density at radius 3 is 2.53 bits per heavy atom. The Hall–Kier alpha value is -1.46. The molecule has 1 atom stereocenters. The van der Waals surface area contributed by atoms with Gasteiger partial charge < -0.3 is 10.4 Å². The SMILES string of the molecule is CC(C)(C)C(CCO)NCc1ccccc1[N+](=O)[O-]. The van der Waals surface area contributed by atoms with Crippen molar-refractivity contribution in [1.29, 1.82) is 0 Å². The van der Waals surface area contributed by atoms with Gasteiger partial charge in [0.05, 0.1) is 4.92 Å². The van der Waals surface area contributed by atoms with Crippen LogP contribution in [0.4, 0.5) is 5.69 Å². The minimum absolute atomic E-state index is 0.00765. The molecule has 0 radical (unpaired) electrons. The third-order valence-electron chi connectivity index (χ3n) is 3.19. The minimum Gasteiger partial charge on any atom is -0.396 e. The number of nitrogens with zero attached hydrogens (tertiary/aromatic N) is 1. The average molecular weight is 266 g/mol. The van der Waals surface area contributed by atoms with Gasteiger partial charge >= 0.3 is 0 Å². The van der Waals surface area contributed by atoms with Crippen molar-refractivity contribution in [3.05, 3.63) is 39.9 Å². The second kappa shape index (κ2) is 6.63. The molecule has 1 aromatic rings. The summed E-state index contributed by atoms with van der Waals surface area (Å²) in [5.74, 6) is 0. The number of nitro benzene ring substituents is 1. The molecule has 106 valence electrons. The molecule has 0 aliphatic rings. The first-order valence-electron chi connectivity index (χ1n) is 6.43. The van der Waals surface area contributed by atoms with Crippen LogP contribution in [0.1, 0.15) is 32.8 Å². The largest absolute Gasteiger partial charge is 0.396 e. The molecule has 0 saturated carbocycles. The summed E-state index contributed by atoms with van der Waals surface area (Å²) in [6, 6.07) is 6.83. The number of benzene rings is 1. The molecule has 1 aromatic carbocycles. The van der Waals surface area contributed by atoms with Crippen molar-refractivity contribution in [2.24, 2.45) is 5.41 Å². The molecule has 0 aliphatic carbocycles. The first-order valence-corrected chi connectivity index (χ1v) is 6.43. The number of hydrogen-bond donors (Lipinski definition) is 2. The Bertz CT molecular complexity index is 427. The van der Waals surface area contributed by atoms with E-state index in [4.69, 9.17) is 5.11 Å². The van der Waals surface area contributed by atoms with Crippen LogP contribution < -0.4 is 5.32 Å². The molecule has 5 heteroatoms. The molecule has 0 spiro atoms. The van der Waals surface area contributed by atoms with Crippen molar-refractivity contribution < 1.29 is 10.0 Å². The molecule has 0 heterocycles. The van der Waals surface area contributed by atoms with Crippen molar-refractivity contribution in [3.8, 4) is 0 Å². The molecule has 2 N–H and O–H groups in total. The van der Waals surface area contributed by atoms with Crippen LogP contribution in [-0.4, -0.2) is 22.7 Å². The molecule has 0 bridgehead atoms. The molecular formula is C14H22N2O3. The van der Waals surface area contributed by atoms with Crippen LogP contribution in [0, 0.1) is 15.5 Å². The maximum Gasteiger partial charge on any atom is 0.273 e. The molecule has 1 unspecified atom stereocenters. The maximum atomic E-state index is 10.9. The highest BCUT2D eigenvalue weighted by Gasteiger charge is 2.24. The number of nitro groups is 1. The van der Waals surface area contributed by atoms with Crippen molar-refractivity contribution >= 4 is 5.69 Å². The average Bonchev–Trinajstić information content (AvgIpc) is 2.33. The van der Waals surface area contributed by atoms with Gasteiger partial charge in [-0.3, -0.25) is 10.1 Å². The summed E-state index contributed by atoms with van der Waals surface area (Å²) in [5.41, 5.74) is 0.790. The van der Waals surface area contributed by atoms with E-state index in [2.05, 4.69) is 26.1 Å². The second-order valence-electron chi connectivity index (χ2n) is 5.70. The van der Waals surface area contributed by atoms with Gasteiger partial charge in [0.2, 0.25) is 0 Å². The van der Waals surface area contributed by atoms with E-state index in [1.54, 1.807) is 18.2 Å². The van der Waals surface area contributed by atoms with Gasteiger partial charge in [0.1, 0.15) is 0 Å². The fourth-order valence-electron chi connectivity index (χ4n) is 2.04. The summed E-state index contributed by atoms with van der Waals surface area (Å²) >= 11 is 0. The monoisotopic (exact) mass is 266 g/mol. The molecular weight excluding hydrogens is 244 g/mol. The first-order chi connectivity index (χ1) is 8.86. The van der Waals surface area contributed by atoms with Crippen LogP contribution in [-0.2, 0) is 6.54 Å². The zero-order valence-electron chi connectivity index (χ0n) is 11.7. The minimum atomic E-state index is -0.366. The zero-order chi connectivity index (χ0) is 14.5. The van der Waals surface area contributed by atoms with Crippen LogP contribution in [0.15, 0.2) is 24.3 Å². The Kier molecular flexibility index (Phi) is 5.44. The molecule has 0 fully saturated rings. The van der Waals surface area contributed by atoms with Crippen molar-refractivity contribution in [3.63, 3.8) is 0 Å². The summed E-state index contributed by atoms with van der Waals surface area (Å²) < 4.78 is 0. The van der Waals surface area contributed by atoms with E-state index >= 15 is 0 Å². The quantitative estimate of drug-likeness (QED) is 0.612. The third-order valence-corrected chi connectivity index (χ3v) is 3.19. The van der Waals surface area contributed by atoms with E-state index in [0.717, 1.165) is 0 Å². The molecule has 0 aliphatic heterocycles. The van der Waals surface area contributed by atoms with Gasteiger partial charge in [-0.1, -0.05) is 39.0 Å². The van der Waals surface area contributed by atoms with Gasteiger partial charge in [0.25, 0.3) is 5.69 Å². The summed E-state index contributed by atoms with van der Waals surface area (Å²) in [7, 11) is 0. The predicted octanol–water partition coefficient (Wildman–Crippen LogP) is 2.48. The number of rotatable bonds is 6. The standard InChI is InChI=1S/C14H22N2O3/c1-14(2,3)13(8-9-17)15-10-11-6-4-5-7-12(11)16(18)19/h4-7,13,15,17H,8-10H2,1-3H3. The molecule has 1 rings (SSSR count). The van der Waals surface area contributed by atoms with Crippen molar-refractivity contribution in [1.82, 2.24) is 5.32 Å². The normalized spacial score (nSPS) is 13.3. The Balaban J connectivity index is 2.77. The lowest BCUT2D eigenvalue weighted by atomic mass is 9.85. The lowest BCUT2D eigenvalue weighted by Crippen LogP contribution is -2.40. The van der Waals surface area contributed by atoms with E-state index in [-0.39, 0.29) is 28.7 Å². The Morgan fingerprint density at radius 1 is 1.37 bits per heavy atom. The van der Waals surface area contributed by atoms with E-state index in [1.165, 1.54) is 6.07 Å². The summed E-state index contributed by atoms with van der Waals surface area (Å²) in [6.07, 6.45) is 0.629. The molecule has 0 amide bonds. The van der Waals surface area contributed by atoms with Gasteiger partial charge in [-0.25, -0.2) is 0 Å². The smallest absolute Gasteiger partial charge is 0.273 e. The first kappa shape index (κ1) is 15.6. The van der Waals surface area contributed by atoms with Gasteiger partial charge in [-0.2, -0.15) is 0 Å². The number of nitrogens with one attached hydrogen (secondary N) is 1. The lowest BCUT2D eigenvalue weighted by molar-refractivity contribution is -0.385. The highest BCUT2D eigenvalue weighted by atomic mass is 16.6. The van der Waals surface area contributed by atoms with Crippen LogP contribution in [0.2, 0.25) is 0 Å². The summed E-state index contributed by atoms with van der Waals surface area (Å²) in [4.78, 5) is 10.6. The van der Waals surface area contributed by atoms with E-state index < -0.39 is 0 Å². The highest BCUT2D eigenvalue weighted by molar-refractivity contribution is 5.39.